The maximum absolute atomic E-state index is 10.7. The molecular weight excluding hydrogens is 166 g/mol. The minimum Gasteiger partial charge on any atom is -0.360 e. The molecule has 68 valence electrons. The van der Waals surface area contributed by atoms with Gasteiger partial charge >= 0.3 is 0 Å². The number of aromatic nitrogens is 1. The molecule has 0 aromatic carbocycles. The third-order valence-corrected chi connectivity index (χ3v) is 2.06. The van der Waals surface area contributed by atoms with Crippen molar-refractivity contribution < 1.29 is 4.79 Å². The number of hydrogen-bond donors (Lipinski definition) is 2. The second-order valence-corrected chi connectivity index (χ2v) is 2.92. The zero-order chi connectivity index (χ0) is 9.10. The topological polar surface area (TPSA) is 57.2 Å². The number of carbonyl (C=O) groups excluding carboxylic acids is 1. The summed E-state index contributed by atoms with van der Waals surface area (Å²) in [5, 5.41) is 3.09. The minimum atomic E-state index is -0.257. The van der Waals surface area contributed by atoms with Crippen LogP contribution in [0, 0.1) is 0 Å². The first-order valence-corrected chi connectivity index (χ1v) is 4.28. The van der Waals surface area contributed by atoms with E-state index < -0.39 is 0 Å². The molecule has 1 aliphatic rings. The van der Waals surface area contributed by atoms with Gasteiger partial charge in [-0.15, -0.1) is 0 Å². The largest absolute Gasteiger partial charge is 0.360 e. The van der Waals surface area contributed by atoms with E-state index in [-0.39, 0.29) is 6.04 Å². The zero-order valence-corrected chi connectivity index (χ0v) is 7.16. The number of H-pyrrole nitrogens is 1. The van der Waals surface area contributed by atoms with Crippen LogP contribution in [0.3, 0.4) is 0 Å². The first kappa shape index (κ1) is 8.19. The van der Waals surface area contributed by atoms with E-state index >= 15 is 0 Å². The quantitative estimate of drug-likeness (QED) is 0.623. The molecule has 0 radical (unpaired) electrons. The summed E-state index contributed by atoms with van der Waals surface area (Å²) in [6.07, 6.45) is 2.72. The van der Waals surface area contributed by atoms with Gasteiger partial charge in [0.05, 0.1) is 18.0 Å². The smallest absolute Gasteiger partial charge is 0.143 e. The Hall–Kier alpha value is -1.42. The summed E-state index contributed by atoms with van der Waals surface area (Å²) < 4.78 is 0. The van der Waals surface area contributed by atoms with Crippen molar-refractivity contribution in [1.29, 1.82) is 0 Å². The number of hydrogen-bond acceptors (Lipinski definition) is 3. The Labute approximate surface area is 76.1 Å². The zero-order valence-electron chi connectivity index (χ0n) is 7.16. The Morgan fingerprint density at radius 3 is 3.23 bits per heavy atom. The molecule has 2 N–H and O–H groups in total. The summed E-state index contributed by atoms with van der Waals surface area (Å²) in [6, 6.07) is 3.56. The van der Waals surface area contributed by atoms with Crippen molar-refractivity contribution in [2.24, 2.45) is 4.99 Å². The van der Waals surface area contributed by atoms with Crippen LogP contribution >= 0.6 is 0 Å². The van der Waals surface area contributed by atoms with Crippen LogP contribution in [0.15, 0.2) is 23.3 Å². The molecule has 2 heterocycles. The molecule has 0 saturated heterocycles. The van der Waals surface area contributed by atoms with Gasteiger partial charge in [0, 0.05) is 12.7 Å². The van der Waals surface area contributed by atoms with Crippen molar-refractivity contribution >= 4 is 12.0 Å². The average molecular weight is 177 g/mol. The SMILES string of the molecule is O=CC1NCCN=C1c1ccc[nH]1. The van der Waals surface area contributed by atoms with E-state index in [1.54, 1.807) is 0 Å². The molecule has 1 aromatic rings. The Balaban J connectivity index is 2.30. The van der Waals surface area contributed by atoms with Gasteiger partial charge in [-0.25, -0.2) is 0 Å². The molecule has 2 rings (SSSR count). The van der Waals surface area contributed by atoms with Gasteiger partial charge in [-0.05, 0) is 12.1 Å². The predicted octanol–water partition coefficient (Wildman–Crippen LogP) is -0.0255. The molecule has 4 nitrogen and oxygen atoms in total. The molecule has 1 aromatic heterocycles. The Morgan fingerprint density at radius 1 is 1.62 bits per heavy atom. The van der Waals surface area contributed by atoms with Gasteiger partial charge in [0.15, 0.2) is 0 Å². The maximum Gasteiger partial charge on any atom is 0.143 e. The number of aliphatic imine (C=N–C) groups is 1. The van der Waals surface area contributed by atoms with E-state index in [1.807, 2.05) is 18.3 Å². The van der Waals surface area contributed by atoms with Gasteiger partial charge in [0.1, 0.15) is 12.3 Å². The second kappa shape index (κ2) is 3.53. The standard InChI is InChI=1S/C9H11N3O/c13-6-8-9(12-5-4-11-8)7-2-1-3-10-7/h1-3,6,8,10-11H,4-5H2. The number of aldehydes is 1. The summed E-state index contributed by atoms with van der Waals surface area (Å²) in [5.74, 6) is 0. The van der Waals surface area contributed by atoms with Crippen molar-refractivity contribution in [3.8, 4) is 0 Å². The molecule has 0 aliphatic carbocycles. The highest BCUT2D eigenvalue weighted by molar-refractivity contribution is 6.11. The van der Waals surface area contributed by atoms with Crippen molar-refractivity contribution in [2.75, 3.05) is 13.1 Å². The number of carbonyl (C=O) groups is 1. The summed E-state index contributed by atoms with van der Waals surface area (Å²) in [7, 11) is 0. The first-order valence-electron chi connectivity index (χ1n) is 4.28. The Bertz CT molecular complexity index is 316. The molecule has 4 heteroatoms. The van der Waals surface area contributed by atoms with Crippen LogP contribution in [0.25, 0.3) is 0 Å². The highest BCUT2D eigenvalue weighted by Gasteiger charge is 2.19. The molecular formula is C9H11N3O. The minimum absolute atomic E-state index is 0.257. The van der Waals surface area contributed by atoms with E-state index in [0.717, 1.165) is 30.8 Å². The number of nitrogens with one attached hydrogen (secondary N) is 2. The lowest BCUT2D eigenvalue weighted by Crippen LogP contribution is -2.43. The number of aromatic amines is 1. The summed E-state index contributed by atoms with van der Waals surface area (Å²) >= 11 is 0. The monoisotopic (exact) mass is 177 g/mol. The third kappa shape index (κ3) is 1.53. The molecule has 1 atom stereocenters. The van der Waals surface area contributed by atoms with Crippen molar-refractivity contribution in [3.05, 3.63) is 24.0 Å². The predicted molar refractivity (Wildman–Crippen MR) is 50.1 cm³/mol. The molecule has 1 aliphatic heterocycles. The van der Waals surface area contributed by atoms with Crippen LogP contribution in [0.2, 0.25) is 0 Å². The van der Waals surface area contributed by atoms with E-state index in [4.69, 9.17) is 0 Å². The number of nitrogens with zero attached hydrogens (tertiary/aromatic N) is 1. The van der Waals surface area contributed by atoms with Crippen LogP contribution in [0.1, 0.15) is 5.69 Å². The van der Waals surface area contributed by atoms with Crippen molar-refractivity contribution in [2.45, 2.75) is 6.04 Å². The molecule has 0 amide bonds. The molecule has 0 spiro atoms. The van der Waals surface area contributed by atoms with Gasteiger partial charge in [-0.2, -0.15) is 0 Å². The van der Waals surface area contributed by atoms with Gasteiger partial charge in [0.25, 0.3) is 0 Å². The van der Waals surface area contributed by atoms with E-state index in [1.165, 1.54) is 0 Å². The average Bonchev–Trinajstić information content (AvgIpc) is 2.70. The molecule has 0 saturated carbocycles. The first-order chi connectivity index (χ1) is 6.42. The number of rotatable bonds is 2. The molecule has 0 fully saturated rings. The maximum atomic E-state index is 10.7. The van der Waals surface area contributed by atoms with Crippen LogP contribution in [-0.2, 0) is 4.79 Å². The summed E-state index contributed by atoms with van der Waals surface area (Å²) in [4.78, 5) is 18.1. The fourth-order valence-corrected chi connectivity index (χ4v) is 1.45. The Morgan fingerprint density at radius 2 is 2.54 bits per heavy atom. The third-order valence-electron chi connectivity index (χ3n) is 2.06. The van der Waals surface area contributed by atoms with Crippen LogP contribution < -0.4 is 5.32 Å². The lowest BCUT2D eigenvalue weighted by molar-refractivity contribution is -0.108. The highest BCUT2D eigenvalue weighted by atomic mass is 16.1. The van der Waals surface area contributed by atoms with Crippen molar-refractivity contribution in [1.82, 2.24) is 10.3 Å². The van der Waals surface area contributed by atoms with Crippen molar-refractivity contribution in [3.63, 3.8) is 0 Å². The van der Waals surface area contributed by atoms with Gasteiger partial charge < -0.3 is 15.1 Å². The normalized spacial score (nSPS) is 22.5. The van der Waals surface area contributed by atoms with Gasteiger partial charge in [-0.3, -0.25) is 4.99 Å². The summed E-state index contributed by atoms with van der Waals surface area (Å²) in [6.45, 7) is 1.51. The van der Waals surface area contributed by atoms with E-state index in [9.17, 15) is 4.79 Å². The second-order valence-electron chi connectivity index (χ2n) is 2.92. The van der Waals surface area contributed by atoms with Crippen LogP contribution in [-0.4, -0.2) is 36.1 Å². The fourth-order valence-electron chi connectivity index (χ4n) is 1.45. The Kier molecular flexibility index (Phi) is 2.23. The fraction of sp³-hybridized carbons (Fsp3) is 0.333. The molecule has 13 heavy (non-hydrogen) atoms. The van der Waals surface area contributed by atoms with Gasteiger partial charge in [0.2, 0.25) is 0 Å². The molecule has 0 bridgehead atoms. The van der Waals surface area contributed by atoms with E-state index in [0.29, 0.717) is 0 Å². The van der Waals surface area contributed by atoms with Crippen LogP contribution in [0.5, 0.6) is 0 Å². The van der Waals surface area contributed by atoms with Gasteiger partial charge in [-0.1, -0.05) is 0 Å². The van der Waals surface area contributed by atoms with Crippen LogP contribution in [0.4, 0.5) is 0 Å². The lowest BCUT2D eigenvalue weighted by atomic mass is 10.1. The molecule has 1 unspecified atom stereocenters. The lowest BCUT2D eigenvalue weighted by Gasteiger charge is -2.18. The highest BCUT2D eigenvalue weighted by Crippen LogP contribution is 2.04. The summed E-state index contributed by atoms with van der Waals surface area (Å²) in [5.41, 5.74) is 1.73. The van der Waals surface area contributed by atoms with E-state index in [2.05, 4.69) is 15.3 Å².